The van der Waals surface area contributed by atoms with Crippen LogP contribution in [0.4, 0.5) is 13.2 Å². The second-order valence-corrected chi connectivity index (χ2v) is 6.01. The Morgan fingerprint density at radius 3 is 2.48 bits per heavy atom. The van der Waals surface area contributed by atoms with Crippen molar-refractivity contribution < 1.29 is 23.1 Å². The molecule has 0 aromatic heterocycles. The van der Waals surface area contributed by atoms with Crippen molar-refractivity contribution in [3.63, 3.8) is 0 Å². The van der Waals surface area contributed by atoms with Gasteiger partial charge in [0.05, 0.1) is 6.54 Å². The third kappa shape index (κ3) is 4.02. The average Bonchev–Trinajstić information content (AvgIpc) is 2.76. The Labute approximate surface area is 128 Å². The van der Waals surface area contributed by atoms with Crippen molar-refractivity contribution in [2.45, 2.75) is 56.3 Å². The van der Waals surface area contributed by atoms with Gasteiger partial charge in [-0.25, -0.2) is 0 Å². The summed E-state index contributed by atoms with van der Waals surface area (Å²) >= 11 is 0. The molecule has 0 bridgehead atoms. The van der Waals surface area contributed by atoms with E-state index < -0.39 is 24.7 Å². The molecule has 8 heteroatoms. The van der Waals surface area contributed by atoms with E-state index in [2.05, 4.69) is 0 Å². The molecular formula is C13H22ClF3N2O2. The molecule has 1 aliphatic heterocycles. The van der Waals surface area contributed by atoms with Crippen LogP contribution in [0.15, 0.2) is 0 Å². The highest BCUT2D eigenvalue weighted by molar-refractivity contribution is 5.85. The number of amides is 1. The van der Waals surface area contributed by atoms with E-state index in [1.165, 1.54) is 0 Å². The highest BCUT2D eigenvalue weighted by atomic mass is 35.5. The normalized spacial score (nSPS) is 33.7. The standard InChI is InChI=1S/C13H21F3N2O2.ClH/c14-13(15,16)12(20)5-6-18(8-12)11(19)7-9-3-1-2-4-10(9)17;/h9-10,20H,1-8,17H2;1H. The number of nitrogens with two attached hydrogens (primary N) is 1. The van der Waals surface area contributed by atoms with Crippen LogP contribution in [0.25, 0.3) is 0 Å². The first-order valence-electron chi connectivity index (χ1n) is 7.05. The van der Waals surface area contributed by atoms with Gasteiger partial charge in [0.1, 0.15) is 0 Å². The molecule has 21 heavy (non-hydrogen) atoms. The van der Waals surface area contributed by atoms with E-state index >= 15 is 0 Å². The Bertz CT molecular complexity index is 381. The first-order valence-corrected chi connectivity index (χ1v) is 7.05. The van der Waals surface area contributed by atoms with Crippen LogP contribution in [0.5, 0.6) is 0 Å². The minimum atomic E-state index is -4.69. The van der Waals surface area contributed by atoms with Crippen LogP contribution in [0, 0.1) is 5.92 Å². The van der Waals surface area contributed by atoms with Gasteiger partial charge in [0, 0.05) is 25.4 Å². The molecule has 2 rings (SSSR count). The lowest BCUT2D eigenvalue weighted by Crippen LogP contribution is -2.48. The van der Waals surface area contributed by atoms with Gasteiger partial charge in [-0.15, -0.1) is 12.4 Å². The molecule has 2 fully saturated rings. The Kier molecular flexibility index (Phi) is 5.91. The smallest absolute Gasteiger partial charge is 0.379 e. The largest absolute Gasteiger partial charge is 0.419 e. The van der Waals surface area contributed by atoms with Crippen molar-refractivity contribution in [1.29, 1.82) is 0 Å². The lowest BCUT2D eigenvalue weighted by molar-refractivity contribution is -0.253. The van der Waals surface area contributed by atoms with Crippen molar-refractivity contribution in [1.82, 2.24) is 4.90 Å². The summed E-state index contributed by atoms with van der Waals surface area (Å²) in [6.45, 7) is -0.700. The van der Waals surface area contributed by atoms with Crippen molar-refractivity contribution in [2.75, 3.05) is 13.1 Å². The molecule has 1 heterocycles. The van der Waals surface area contributed by atoms with Gasteiger partial charge in [0.2, 0.25) is 5.91 Å². The van der Waals surface area contributed by atoms with Crippen LogP contribution in [0.1, 0.15) is 38.5 Å². The van der Waals surface area contributed by atoms with Crippen molar-refractivity contribution in [3.8, 4) is 0 Å². The number of carbonyl (C=O) groups is 1. The van der Waals surface area contributed by atoms with Gasteiger partial charge in [-0.1, -0.05) is 12.8 Å². The predicted octanol–water partition coefficient (Wildman–Crippen LogP) is 1.84. The molecule has 124 valence electrons. The van der Waals surface area contributed by atoms with E-state index in [0.29, 0.717) is 0 Å². The number of likely N-dealkylation sites (tertiary alicyclic amines) is 1. The van der Waals surface area contributed by atoms with E-state index in [1.807, 2.05) is 0 Å². The van der Waals surface area contributed by atoms with E-state index in [4.69, 9.17) is 5.73 Å². The lowest BCUT2D eigenvalue weighted by Gasteiger charge is -2.30. The van der Waals surface area contributed by atoms with E-state index in [0.717, 1.165) is 30.6 Å². The van der Waals surface area contributed by atoms with Crippen LogP contribution in [0.3, 0.4) is 0 Å². The predicted molar refractivity (Wildman–Crippen MR) is 74.0 cm³/mol. The van der Waals surface area contributed by atoms with Crippen molar-refractivity contribution in [2.24, 2.45) is 11.7 Å². The molecule has 1 amide bonds. The third-order valence-electron chi connectivity index (χ3n) is 4.53. The van der Waals surface area contributed by atoms with Gasteiger partial charge in [-0.05, 0) is 18.8 Å². The average molecular weight is 331 g/mol. The SMILES string of the molecule is Cl.NC1CCCCC1CC(=O)N1CCC(O)(C(F)(F)F)C1. The fourth-order valence-electron chi connectivity index (χ4n) is 3.08. The molecule has 0 spiro atoms. The van der Waals surface area contributed by atoms with Crippen LogP contribution in [-0.2, 0) is 4.79 Å². The summed E-state index contributed by atoms with van der Waals surface area (Å²) in [5, 5.41) is 9.56. The van der Waals surface area contributed by atoms with E-state index in [9.17, 15) is 23.1 Å². The Hall–Kier alpha value is -0.530. The summed E-state index contributed by atoms with van der Waals surface area (Å²) < 4.78 is 38.1. The number of carbonyl (C=O) groups excluding carboxylic acids is 1. The molecule has 3 atom stereocenters. The zero-order valence-corrected chi connectivity index (χ0v) is 12.6. The second-order valence-electron chi connectivity index (χ2n) is 6.01. The Morgan fingerprint density at radius 1 is 1.33 bits per heavy atom. The molecule has 0 aromatic carbocycles. The highest BCUT2D eigenvalue weighted by Gasteiger charge is 2.57. The van der Waals surface area contributed by atoms with Gasteiger partial charge in [-0.3, -0.25) is 4.79 Å². The Morgan fingerprint density at radius 2 is 1.95 bits per heavy atom. The number of β-amino-alcohol motifs (C(OH)–C–C–N with tert-alkyl or cyclic N) is 1. The summed E-state index contributed by atoms with van der Waals surface area (Å²) in [6.07, 6.45) is -1.17. The first-order chi connectivity index (χ1) is 9.23. The van der Waals surface area contributed by atoms with E-state index in [1.54, 1.807) is 0 Å². The van der Waals surface area contributed by atoms with Gasteiger partial charge in [0.15, 0.2) is 5.60 Å². The summed E-state index contributed by atoms with van der Waals surface area (Å²) in [4.78, 5) is 13.2. The second kappa shape index (κ2) is 6.71. The zero-order valence-electron chi connectivity index (χ0n) is 11.7. The van der Waals surface area contributed by atoms with Crippen molar-refractivity contribution >= 4 is 18.3 Å². The molecule has 1 saturated heterocycles. The number of halogens is 4. The number of nitrogens with zero attached hydrogens (tertiary/aromatic N) is 1. The molecule has 2 aliphatic rings. The molecule has 0 aromatic rings. The molecule has 3 unspecified atom stereocenters. The zero-order chi connectivity index (χ0) is 15.0. The van der Waals surface area contributed by atoms with Crippen LogP contribution in [0.2, 0.25) is 0 Å². The van der Waals surface area contributed by atoms with Gasteiger partial charge >= 0.3 is 6.18 Å². The fraction of sp³-hybridized carbons (Fsp3) is 0.923. The van der Waals surface area contributed by atoms with E-state index in [-0.39, 0.29) is 43.2 Å². The summed E-state index contributed by atoms with van der Waals surface area (Å²) in [5.41, 5.74) is 3.20. The van der Waals surface area contributed by atoms with Gasteiger partial charge in [-0.2, -0.15) is 13.2 Å². The third-order valence-corrected chi connectivity index (χ3v) is 4.53. The van der Waals surface area contributed by atoms with Crippen molar-refractivity contribution in [3.05, 3.63) is 0 Å². The maximum Gasteiger partial charge on any atom is 0.419 e. The molecule has 4 nitrogen and oxygen atoms in total. The number of hydrogen-bond acceptors (Lipinski definition) is 3. The summed E-state index contributed by atoms with van der Waals surface area (Å²) in [5.74, 6) is -0.275. The number of hydrogen-bond donors (Lipinski definition) is 2. The number of aliphatic hydroxyl groups is 1. The topological polar surface area (TPSA) is 66.6 Å². The number of rotatable bonds is 2. The van der Waals surface area contributed by atoms with Crippen LogP contribution >= 0.6 is 12.4 Å². The molecule has 3 N–H and O–H groups in total. The highest BCUT2D eigenvalue weighted by Crippen LogP contribution is 2.38. The lowest BCUT2D eigenvalue weighted by atomic mass is 9.83. The van der Waals surface area contributed by atoms with Gasteiger partial charge in [0.25, 0.3) is 0 Å². The maximum absolute atomic E-state index is 12.7. The molecule has 0 radical (unpaired) electrons. The fourth-order valence-corrected chi connectivity index (χ4v) is 3.08. The van der Waals surface area contributed by atoms with Crippen LogP contribution in [-0.4, -0.2) is 46.8 Å². The molecule has 1 aliphatic carbocycles. The minimum absolute atomic E-state index is 0. The Balaban J connectivity index is 0.00000220. The number of alkyl halides is 3. The summed E-state index contributed by atoms with van der Waals surface area (Å²) in [6, 6.07) is -0.0446. The minimum Gasteiger partial charge on any atom is -0.379 e. The van der Waals surface area contributed by atoms with Gasteiger partial charge < -0.3 is 15.7 Å². The monoisotopic (exact) mass is 330 g/mol. The maximum atomic E-state index is 12.7. The summed E-state index contributed by atoms with van der Waals surface area (Å²) in [7, 11) is 0. The van der Waals surface area contributed by atoms with Crippen LogP contribution < -0.4 is 5.73 Å². The first kappa shape index (κ1) is 18.5. The molecule has 1 saturated carbocycles. The molecular weight excluding hydrogens is 309 g/mol. The quantitative estimate of drug-likeness (QED) is 0.812.